The Hall–Kier alpha value is -0.0400. The van der Waals surface area contributed by atoms with Gasteiger partial charge in [0.1, 0.15) is 0 Å². The molecule has 2 atom stereocenters. The van der Waals surface area contributed by atoms with Crippen LogP contribution in [0.4, 0.5) is 0 Å². The molecule has 1 aliphatic carbocycles. The summed E-state index contributed by atoms with van der Waals surface area (Å²) in [4.78, 5) is 0. The van der Waals surface area contributed by atoms with Crippen molar-refractivity contribution in [2.45, 2.75) is 46.1 Å². The SMILES string of the molecule is CC.C[C@H]1CC[C@H](O)C1. The normalized spacial score (nSPS) is 33.3. The van der Waals surface area contributed by atoms with Gasteiger partial charge in [-0.2, -0.15) is 0 Å². The van der Waals surface area contributed by atoms with E-state index in [9.17, 15) is 0 Å². The molecule has 0 heterocycles. The fourth-order valence-corrected chi connectivity index (χ4v) is 1.18. The molecule has 0 bridgehead atoms. The molecule has 0 unspecified atom stereocenters. The van der Waals surface area contributed by atoms with Crippen LogP contribution in [0.25, 0.3) is 0 Å². The minimum atomic E-state index is 0.0231. The molecule has 9 heavy (non-hydrogen) atoms. The maximum absolute atomic E-state index is 8.90. The molecule has 0 radical (unpaired) electrons. The van der Waals surface area contributed by atoms with Crippen LogP contribution in [0, 0.1) is 5.92 Å². The van der Waals surface area contributed by atoms with Gasteiger partial charge in [0.15, 0.2) is 0 Å². The van der Waals surface area contributed by atoms with Crippen molar-refractivity contribution in [3.8, 4) is 0 Å². The number of aliphatic hydroxyl groups is 1. The summed E-state index contributed by atoms with van der Waals surface area (Å²) in [7, 11) is 0. The molecule has 0 aromatic rings. The number of rotatable bonds is 0. The van der Waals surface area contributed by atoms with E-state index in [4.69, 9.17) is 5.11 Å². The predicted molar refractivity (Wildman–Crippen MR) is 40.4 cm³/mol. The zero-order valence-electron chi connectivity index (χ0n) is 6.72. The van der Waals surface area contributed by atoms with Gasteiger partial charge in [-0.3, -0.25) is 0 Å². The van der Waals surface area contributed by atoms with Crippen molar-refractivity contribution in [1.29, 1.82) is 0 Å². The highest BCUT2D eigenvalue weighted by Crippen LogP contribution is 2.23. The lowest BCUT2D eigenvalue weighted by Crippen LogP contribution is -1.97. The van der Waals surface area contributed by atoms with E-state index in [0.717, 1.165) is 18.8 Å². The molecule has 1 nitrogen and oxygen atoms in total. The van der Waals surface area contributed by atoms with Gasteiger partial charge in [-0.15, -0.1) is 0 Å². The quantitative estimate of drug-likeness (QED) is 0.533. The van der Waals surface area contributed by atoms with Crippen LogP contribution < -0.4 is 0 Å². The molecule has 1 aliphatic rings. The second kappa shape index (κ2) is 4.80. The summed E-state index contributed by atoms with van der Waals surface area (Å²) in [5, 5.41) is 8.90. The molecule has 0 aromatic carbocycles. The van der Waals surface area contributed by atoms with E-state index in [0.29, 0.717) is 0 Å². The van der Waals surface area contributed by atoms with Gasteiger partial charge in [0, 0.05) is 0 Å². The molecule has 0 aromatic heterocycles. The largest absolute Gasteiger partial charge is 0.393 e. The lowest BCUT2D eigenvalue weighted by molar-refractivity contribution is 0.179. The Balaban J connectivity index is 0.000000291. The zero-order chi connectivity index (χ0) is 7.28. The van der Waals surface area contributed by atoms with Crippen molar-refractivity contribution in [1.82, 2.24) is 0 Å². The van der Waals surface area contributed by atoms with E-state index in [1.807, 2.05) is 13.8 Å². The first-order chi connectivity index (χ1) is 4.29. The van der Waals surface area contributed by atoms with E-state index in [1.165, 1.54) is 6.42 Å². The van der Waals surface area contributed by atoms with Gasteiger partial charge < -0.3 is 5.11 Å². The number of aliphatic hydroxyl groups excluding tert-OH is 1. The Morgan fingerprint density at radius 2 is 1.78 bits per heavy atom. The van der Waals surface area contributed by atoms with Crippen LogP contribution in [0.3, 0.4) is 0 Å². The molecule has 0 amide bonds. The van der Waals surface area contributed by atoms with Crippen molar-refractivity contribution in [3.05, 3.63) is 0 Å². The standard InChI is InChI=1S/C6H12O.C2H6/c1-5-2-3-6(7)4-5;1-2/h5-7H,2-4H2,1H3;1-2H3/t5-,6-;/m0./s1. The summed E-state index contributed by atoms with van der Waals surface area (Å²) in [6.45, 7) is 6.19. The predicted octanol–water partition coefficient (Wildman–Crippen LogP) is 2.19. The number of hydrogen-bond acceptors (Lipinski definition) is 1. The van der Waals surface area contributed by atoms with Crippen molar-refractivity contribution in [2.75, 3.05) is 0 Å². The molecule has 1 rings (SSSR count). The average Bonchev–Trinajstić information content (AvgIpc) is 2.20. The lowest BCUT2D eigenvalue weighted by atomic mass is 10.1. The van der Waals surface area contributed by atoms with Crippen LogP contribution in [0.2, 0.25) is 0 Å². The summed E-state index contributed by atoms with van der Waals surface area (Å²) in [6, 6.07) is 0. The van der Waals surface area contributed by atoms with Crippen LogP contribution in [-0.4, -0.2) is 11.2 Å². The minimum Gasteiger partial charge on any atom is -0.393 e. The Morgan fingerprint density at radius 1 is 1.22 bits per heavy atom. The van der Waals surface area contributed by atoms with Crippen LogP contribution in [-0.2, 0) is 0 Å². The smallest absolute Gasteiger partial charge is 0.0542 e. The first-order valence-corrected chi connectivity index (χ1v) is 3.97. The van der Waals surface area contributed by atoms with Crippen LogP contribution in [0.5, 0.6) is 0 Å². The van der Waals surface area contributed by atoms with E-state index in [2.05, 4.69) is 6.92 Å². The number of hydrogen-bond donors (Lipinski definition) is 1. The Kier molecular flexibility index (Phi) is 4.78. The summed E-state index contributed by atoms with van der Waals surface area (Å²) >= 11 is 0. The molecular formula is C8H18O. The fraction of sp³-hybridized carbons (Fsp3) is 1.00. The highest BCUT2D eigenvalue weighted by molar-refractivity contribution is 4.70. The maximum atomic E-state index is 8.90. The highest BCUT2D eigenvalue weighted by Gasteiger charge is 2.17. The van der Waals surface area contributed by atoms with Crippen LogP contribution in [0.1, 0.15) is 40.0 Å². The molecule has 1 N–H and O–H groups in total. The Morgan fingerprint density at radius 3 is 1.89 bits per heavy atom. The van der Waals surface area contributed by atoms with E-state index in [-0.39, 0.29) is 6.10 Å². The van der Waals surface area contributed by atoms with Crippen molar-refractivity contribution in [2.24, 2.45) is 5.92 Å². The van der Waals surface area contributed by atoms with Crippen LogP contribution >= 0.6 is 0 Å². The molecule has 1 saturated carbocycles. The first kappa shape index (κ1) is 8.96. The second-order valence-corrected chi connectivity index (χ2v) is 2.57. The van der Waals surface area contributed by atoms with Gasteiger partial charge in [0.2, 0.25) is 0 Å². The summed E-state index contributed by atoms with van der Waals surface area (Å²) in [6.07, 6.45) is 3.30. The Labute approximate surface area is 58.1 Å². The van der Waals surface area contributed by atoms with E-state index < -0.39 is 0 Å². The third kappa shape index (κ3) is 3.52. The fourth-order valence-electron chi connectivity index (χ4n) is 1.18. The molecular weight excluding hydrogens is 112 g/mol. The zero-order valence-corrected chi connectivity index (χ0v) is 6.72. The minimum absolute atomic E-state index is 0.0231. The highest BCUT2D eigenvalue weighted by atomic mass is 16.3. The van der Waals surface area contributed by atoms with Gasteiger partial charge in [0.05, 0.1) is 6.10 Å². The molecule has 56 valence electrons. The summed E-state index contributed by atoms with van der Waals surface area (Å²) < 4.78 is 0. The average molecular weight is 130 g/mol. The molecule has 0 aliphatic heterocycles. The summed E-state index contributed by atoms with van der Waals surface area (Å²) in [5.41, 5.74) is 0. The molecule has 0 saturated heterocycles. The molecule has 0 spiro atoms. The van der Waals surface area contributed by atoms with Crippen molar-refractivity contribution < 1.29 is 5.11 Å². The maximum Gasteiger partial charge on any atom is 0.0542 e. The van der Waals surface area contributed by atoms with Crippen molar-refractivity contribution >= 4 is 0 Å². The van der Waals surface area contributed by atoms with Gasteiger partial charge in [-0.05, 0) is 25.2 Å². The lowest BCUT2D eigenvalue weighted by Gasteiger charge is -1.95. The summed E-state index contributed by atoms with van der Waals surface area (Å²) in [5.74, 6) is 0.773. The Bertz CT molecular complexity index is 53.6. The topological polar surface area (TPSA) is 20.2 Å². The van der Waals surface area contributed by atoms with Gasteiger partial charge >= 0.3 is 0 Å². The third-order valence-electron chi connectivity index (χ3n) is 1.67. The van der Waals surface area contributed by atoms with Gasteiger partial charge in [0.25, 0.3) is 0 Å². The second-order valence-electron chi connectivity index (χ2n) is 2.57. The van der Waals surface area contributed by atoms with Crippen molar-refractivity contribution in [3.63, 3.8) is 0 Å². The monoisotopic (exact) mass is 130 g/mol. The van der Waals surface area contributed by atoms with E-state index in [1.54, 1.807) is 0 Å². The van der Waals surface area contributed by atoms with E-state index >= 15 is 0 Å². The first-order valence-electron chi connectivity index (χ1n) is 3.97. The molecule has 1 heteroatoms. The molecule has 1 fully saturated rings. The van der Waals surface area contributed by atoms with Gasteiger partial charge in [-0.25, -0.2) is 0 Å². The van der Waals surface area contributed by atoms with Gasteiger partial charge in [-0.1, -0.05) is 20.8 Å². The third-order valence-corrected chi connectivity index (χ3v) is 1.67. The van der Waals surface area contributed by atoms with Crippen LogP contribution in [0.15, 0.2) is 0 Å².